The summed E-state index contributed by atoms with van der Waals surface area (Å²) in [4.78, 5) is 21.5. The number of alkyl halides is 6. The molecule has 1 atom stereocenters. The molecule has 3 rings (SSSR count). The zero-order valence-corrected chi connectivity index (χ0v) is 17.7. The molecule has 1 aliphatic carbocycles. The van der Waals surface area contributed by atoms with Crippen LogP contribution in [0.3, 0.4) is 0 Å². The Balaban J connectivity index is 1.91. The number of carbonyl (C=O) groups is 1. The van der Waals surface area contributed by atoms with E-state index in [1.807, 2.05) is 0 Å². The average molecular weight is 493 g/mol. The van der Waals surface area contributed by atoms with Gasteiger partial charge in [0.2, 0.25) is 6.04 Å². The lowest BCUT2D eigenvalue weighted by atomic mass is 9.87. The maximum Gasteiger partial charge on any atom is 0.420 e. The van der Waals surface area contributed by atoms with E-state index in [1.165, 1.54) is 12.1 Å². The third kappa shape index (κ3) is 5.89. The maximum absolute atomic E-state index is 13.9. The van der Waals surface area contributed by atoms with Gasteiger partial charge in [-0.2, -0.15) is 26.3 Å². The highest BCUT2D eigenvalue weighted by atomic mass is 19.4. The first-order chi connectivity index (χ1) is 15.8. The summed E-state index contributed by atoms with van der Waals surface area (Å²) in [5.74, 6) is -3.25. The predicted octanol–water partition coefficient (Wildman–Crippen LogP) is 6.54. The number of aliphatic carboxylic acids is 1. The maximum atomic E-state index is 13.9. The van der Waals surface area contributed by atoms with Crippen LogP contribution in [0.4, 0.5) is 26.3 Å². The fourth-order valence-corrected chi connectivity index (χ4v) is 4.27. The molecule has 1 N–H and O–H groups in total. The van der Waals surface area contributed by atoms with Gasteiger partial charge in [-0.15, -0.1) is 0 Å². The van der Waals surface area contributed by atoms with Crippen molar-refractivity contribution >= 4 is 16.7 Å². The van der Waals surface area contributed by atoms with Gasteiger partial charge in [0.1, 0.15) is 11.3 Å². The summed E-state index contributed by atoms with van der Waals surface area (Å²) in [6, 6.07) is 4.36. The molecule has 0 aliphatic heterocycles. The first-order valence-electron chi connectivity index (χ1n) is 10.5. The molecule has 0 bridgehead atoms. The normalized spacial score (nSPS) is 20.2. The highest BCUT2D eigenvalue weighted by Crippen LogP contribution is 2.44. The quantitative estimate of drug-likeness (QED) is 0.269. The standard InChI is InChI=1S/C22H21F6NO5/c23-21(24,25)14-3-5-15(6-4-14)34-18-9-2-12-11-13(17(29(32)33)8-10-19(30)31)1-7-16(12)20(18)22(26,27)28/h1-2,7,9,11,14-15,17H,3-6,8,10H2,(H,30,31). The largest absolute Gasteiger partial charge is 0.490 e. The molecule has 1 unspecified atom stereocenters. The van der Waals surface area contributed by atoms with Crippen molar-refractivity contribution in [3.63, 3.8) is 0 Å². The van der Waals surface area contributed by atoms with Crippen LogP contribution in [0.5, 0.6) is 5.75 Å². The molecule has 6 nitrogen and oxygen atoms in total. The predicted molar refractivity (Wildman–Crippen MR) is 108 cm³/mol. The molecule has 0 spiro atoms. The molecule has 1 fully saturated rings. The van der Waals surface area contributed by atoms with Crippen LogP contribution in [-0.2, 0) is 11.0 Å². The molecule has 0 saturated heterocycles. The number of ether oxygens (including phenoxy) is 1. The highest BCUT2D eigenvalue weighted by Gasteiger charge is 2.43. The molecule has 1 saturated carbocycles. The van der Waals surface area contributed by atoms with Crippen molar-refractivity contribution in [1.29, 1.82) is 0 Å². The molecule has 0 heterocycles. The average Bonchev–Trinajstić information content (AvgIpc) is 2.72. The van der Waals surface area contributed by atoms with Gasteiger partial charge in [-0.1, -0.05) is 18.2 Å². The van der Waals surface area contributed by atoms with Gasteiger partial charge in [0.25, 0.3) is 0 Å². The van der Waals surface area contributed by atoms with E-state index in [4.69, 9.17) is 9.84 Å². The number of rotatable bonds is 7. The summed E-state index contributed by atoms with van der Waals surface area (Å²) >= 11 is 0. The number of benzene rings is 2. The lowest BCUT2D eigenvalue weighted by Crippen LogP contribution is -2.32. The topological polar surface area (TPSA) is 89.7 Å². The minimum atomic E-state index is -4.86. The van der Waals surface area contributed by atoms with Crippen molar-refractivity contribution in [1.82, 2.24) is 0 Å². The molecule has 2 aromatic rings. The van der Waals surface area contributed by atoms with E-state index in [9.17, 15) is 41.3 Å². The van der Waals surface area contributed by atoms with Crippen molar-refractivity contribution in [2.24, 2.45) is 5.92 Å². The van der Waals surface area contributed by atoms with Gasteiger partial charge in [0.05, 0.1) is 18.4 Å². The van der Waals surface area contributed by atoms with Crippen LogP contribution in [0.15, 0.2) is 30.3 Å². The number of carboxylic acids is 1. The first-order valence-corrected chi connectivity index (χ1v) is 10.5. The van der Waals surface area contributed by atoms with E-state index >= 15 is 0 Å². The molecule has 12 heteroatoms. The number of carboxylic acid groups (broad SMARTS) is 1. The number of nitrogens with zero attached hydrogens (tertiary/aromatic N) is 1. The Labute approximate surface area is 189 Å². The van der Waals surface area contributed by atoms with Crippen LogP contribution in [-0.4, -0.2) is 28.3 Å². The van der Waals surface area contributed by atoms with Crippen LogP contribution < -0.4 is 4.74 Å². The lowest BCUT2D eigenvalue weighted by Gasteiger charge is -2.31. The van der Waals surface area contributed by atoms with Crippen LogP contribution in [0.25, 0.3) is 10.8 Å². The van der Waals surface area contributed by atoms with Gasteiger partial charge in [-0.25, -0.2) is 0 Å². The third-order valence-electron chi connectivity index (χ3n) is 5.99. The Morgan fingerprint density at radius 3 is 2.26 bits per heavy atom. The first kappa shape index (κ1) is 25.6. The zero-order chi connectivity index (χ0) is 25.3. The number of halogens is 6. The molecule has 1 aliphatic rings. The van der Waals surface area contributed by atoms with Crippen molar-refractivity contribution < 1.29 is 45.9 Å². The van der Waals surface area contributed by atoms with Crippen LogP contribution in [0, 0.1) is 16.0 Å². The molecule has 0 amide bonds. The summed E-state index contributed by atoms with van der Waals surface area (Å²) in [5, 5.41) is 19.9. The second kappa shape index (κ2) is 9.67. The summed E-state index contributed by atoms with van der Waals surface area (Å²) in [6.45, 7) is 0. The number of hydrogen-bond acceptors (Lipinski definition) is 4. The zero-order valence-electron chi connectivity index (χ0n) is 17.7. The highest BCUT2D eigenvalue weighted by molar-refractivity contribution is 5.89. The van der Waals surface area contributed by atoms with Gasteiger partial charge in [0, 0.05) is 16.9 Å². The van der Waals surface area contributed by atoms with Crippen molar-refractivity contribution in [3.8, 4) is 5.75 Å². The summed E-state index contributed by atoms with van der Waals surface area (Å²) in [6.07, 6.45) is -11.4. The Bertz CT molecular complexity index is 1060. The molecule has 186 valence electrons. The SMILES string of the molecule is O=C(O)CCC(c1ccc2c(C(F)(F)F)c(OC3CCC(C(F)(F)F)CC3)ccc2c1)[N+](=O)[O-]. The fraction of sp³-hybridized carbons (Fsp3) is 0.500. The Kier molecular flexibility index (Phi) is 7.27. The second-order valence-electron chi connectivity index (χ2n) is 8.28. The van der Waals surface area contributed by atoms with Gasteiger partial charge in [-0.05, 0) is 48.6 Å². The van der Waals surface area contributed by atoms with Gasteiger partial charge in [0.15, 0.2) is 0 Å². The monoisotopic (exact) mass is 493 g/mol. The van der Waals surface area contributed by atoms with E-state index < -0.39 is 59.0 Å². The Morgan fingerprint density at radius 1 is 1.09 bits per heavy atom. The third-order valence-corrected chi connectivity index (χ3v) is 5.99. The summed E-state index contributed by atoms with van der Waals surface area (Å²) < 4.78 is 85.9. The number of nitro groups is 1. The molecule has 0 radical (unpaired) electrons. The van der Waals surface area contributed by atoms with Gasteiger partial charge < -0.3 is 9.84 Å². The summed E-state index contributed by atoms with van der Waals surface area (Å²) in [7, 11) is 0. The van der Waals surface area contributed by atoms with Crippen LogP contribution >= 0.6 is 0 Å². The minimum absolute atomic E-state index is 0.0352. The Morgan fingerprint density at radius 2 is 1.74 bits per heavy atom. The summed E-state index contributed by atoms with van der Waals surface area (Å²) in [5.41, 5.74) is -1.05. The van der Waals surface area contributed by atoms with E-state index in [1.54, 1.807) is 0 Å². The fourth-order valence-electron chi connectivity index (χ4n) is 4.27. The molecular formula is C22H21F6NO5. The van der Waals surface area contributed by atoms with E-state index in [0.717, 1.165) is 18.2 Å². The molecular weight excluding hydrogens is 472 g/mol. The van der Waals surface area contributed by atoms with Crippen molar-refractivity contribution in [2.75, 3.05) is 0 Å². The van der Waals surface area contributed by atoms with Crippen molar-refractivity contribution in [2.45, 2.75) is 63.0 Å². The molecule has 34 heavy (non-hydrogen) atoms. The van der Waals surface area contributed by atoms with E-state index in [0.29, 0.717) is 0 Å². The van der Waals surface area contributed by atoms with Crippen molar-refractivity contribution in [3.05, 3.63) is 51.6 Å². The Hall–Kier alpha value is -3.05. The minimum Gasteiger partial charge on any atom is -0.490 e. The van der Waals surface area contributed by atoms with E-state index in [2.05, 4.69) is 0 Å². The van der Waals surface area contributed by atoms with Gasteiger partial charge >= 0.3 is 18.3 Å². The molecule has 0 aromatic heterocycles. The molecule has 2 aromatic carbocycles. The lowest BCUT2D eigenvalue weighted by molar-refractivity contribution is -0.529. The number of fused-ring (bicyclic) bond motifs is 1. The second-order valence-corrected chi connectivity index (χ2v) is 8.28. The van der Waals surface area contributed by atoms with Crippen LogP contribution in [0.1, 0.15) is 55.7 Å². The van der Waals surface area contributed by atoms with E-state index in [-0.39, 0.29) is 48.4 Å². The van der Waals surface area contributed by atoms with Crippen LogP contribution in [0.2, 0.25) is 0 Å². The number of hydrogen-bond donors (Lipinski definition) is 1. The van der Waals surface area contributed by atoms with Gasteiger partial charge in [-0.3, -0.25) is 14.9 Å². The smallest absolute Gasteiger partial charge is 0.420 e.